The summed E-state index contributed by atoms with van der Waals surface area (Å²) in [4.78, 5) is 13.3. The van der Waals surface area contributed by atoms with E-state index in [1.807, 2.05) is 4.90 Å². The fourth-order valence-electron chi connectivity index (χ4n) is 1.59. The number of hydrogen-bond donors (Lipinski definition) is 1. The van der Waals surface area contributed by atoms with Gasteiger partial charge in [0.2, 0.25) is 5.91 Å². The van der Waals surface area contributed by atoms with E-state index in [4.69, 9.17) is 6.42 Å². The molecule has 3 nitrogen and oxygen atoms in total. The van der Waals surface area contributed by atoms with Crippen LogP contribution in [0.15, 0.2) is 0 Å². The minimum absolute atomic E-state index is 0.126. The van der Waals surface area contributed by atoms with Crippen molar-refractivity contribution in [3.8, 4) is 12.3 Å². The van der Waals surface area contributed by atoms with Crippen LogP contribution in [0.4, 0.5) is 0 Å². The molecule has 78 valence electrons. The van der Waals surface area contributed by atoms with Crippen LogP contribution in [0.2, 0.25) is 0 Å². The monoisotopic (exact) mass is 194 g/mol. The highest BCUT2D eigenvalue weighted by Gasteiger charge is 2.27. The first kappa shape index (κ1) is 11.1. The van der Waals surface area contributed by atoms with E-state index in [2.05, 4.69) is 25.1 Å². The summed E-state index contributed by atoms with van der Waals surface area (Å²) in [6, 6.07) is 0.469. The van der Waals surface area contributed by atoms with Crippen molar-refractivity contribution in [3.63, 3.8) is 0 Å². The molecule has 1 heterocycles. The van der Waals surface area contributed by atoms with Crippen molar-refractivity contribution in [2.75, 3.05) is 19.6 Å². The van der Waals surface area contributed by atoms with E-state index < -0.39 is 0 Å². The van der Waals surface area contributed by atoms with E-state index in [1.54, 1.807) is 0 Å². The Morgan fingerprint density at radius 2 is 2.43 bits per heavy atom. The number of terminal acetylenes is 1. The second kappa shape index (κ2) is 5.02. The zero-order valence-electron chi connectivity index (χ0n) is 8.92. The topological polar surface area (TPSA) is 32.3 Å². The van der Waals surface area contributed by atoms with Gasteiger partial charge in [-0.15, -0.1) is 12.3 Å². The van der Waals surface area contributed by atoms with Gasteiger partial charge >= 0.3 is 0 Å². The van der Waals surface area contributed by atoms with Crippen LogP contribution >= 0.6 is 0 Å². The molecule has 1 rings (SSSR count). The third kappa shape index (κ3) is 3.04. The SMILES string of the molecule is C#CC1CC(=O)N(CCNC(C)C)C1. The minimum Gasteiger partial charge on any atom is -0.340 e. The Morgan fingerprint density at radius 3 is 2.93 bits per heavy atom. The molecule has 0 aromatic carbocycles. The van der Waals surface area contributed by atoms with Crippen LogP contribution in [0.3, 0.4) is 0 Å². The molecule has 14 heavy (non-hydrogen) atoms. The van der Waals surface area contributed by atoms with Gasteiger partial charge in [-0.2, -0.15) is 0 Å². The number of carbonyl (C=O) groups excluding carboxylic acids is 1. The van der Waals surface area contributed by atoms with Crippen LogP contribution in [0.5, 0.6) is 0 Å². The highest BCUT2D eigenvalue weighted by molar-refractivity contribution is 5.79. The average Bonchev–Trinajstić information content (AvgIpc) is 2.47. The average molecular weight is 194 g/mol. The van der Waals surface area contributed by atoms with E-state index in [1.165, 1.54) is 0 Å². The lowest BCUT2D eigenvalue weighted by molar-refractivity contribution is -0.127. The lowest BCUT2D eigenvalue weighted by Crippen LogP contribution is -2.35. The standard InChI is InChI=1S/C11H18N2O/c1-4-10-7-11(14)13(8-10)6-5-12-9(2)3/h1,9-10,12H,5-8H2,2-3H3. The molecule has 0 bridgehead atoms. The summed E-state index contributed by atoms with van der Waals surface area (Å²) in [5, 5.41) is 3.28. The predicted molar refractivity (Wildman–Crippen MR) is 56.7 cm³/mol. The molecule has 1 N–H and O–H groups in total. The molecule has 0 radical (unpaired) electrons. The van der Waals surface area contributed by atoms with Crippen LogP contribution < -0.4 is 5.32 Å². The van der Waals surface area contributed by atoms with Gasteiger partial charge in [0, 0.05) is 38.0 Å². The van der Waals surface area contributed by atoms with Crippen molar-refractivity contribution >= 4 is 5.91 Å². The van der Waals surface area contributed by atoms with Crippen molar-refractivity contribution in [1.29, 1.82) is 0 Å². The molecule has 0 saturated carbocycles. The summed E-state index contributed by atoms with van der Waals surface area (Å²) in [7, 11) is 0. The molecule has 0 spiro atoms. The molecule has 1 aliphatic heterocycles. The van der Waals surface area contributed by atoms with Crippen LogP contribution in [-0.4, -0.2) is 36.5 Å². The fraction of sp³-hybridized carbons (Fsp3) is 0.727. The Balaban J connectivity index is 2.26. The molecule has 1 saturated heterocycles. The van der Waals surface area contributed by atoms with Gasteiger partial charge in [0.15, 0.2) is 0 Å². The van der Waals surface area contributed by atoms with Gasteiger partial charge in [-0.25, -0.2) is 0 Å². The zero-order valence-corrected chi connectivity index (χ0v) is 8.92. The van der Waals surface area contributed by atoms with Gasteiger partial charge in [0.25, 0.3) is 0 Å². The van der Waals surface area contributed by atoms with Gasteiger partial charge in [0.05, 0.1) is 0 Å². The summed E-state index contributed by atoms with van der Waals surface area (Å²) < 4.78 is 0. The lowest BCUT2D eigenvalue weighted by atomic mass is 10.1. The largest absolute Gasteiger partial charge is 0.340 e. The van der Waals surface area contributed by atoms with Crippen molar-refractivity contribution in [2.24, 2.45) is 5.92 Å². The number of carbonyl (C=O) groups is 1. The normalized spacial score (nSPS) is 21.7. The highest BCUT2D eigenvalue weighted by Crippen LogP contribution is 2.15. The Bertz CT molecular complexity index is 242. The highest BCUT2D eigenvalue weighted by atomic mass is 16.2. The second-order valence-electron chi connectivity index (χ2n) is 4.02. The molecule has 0 aromatic heterocycles. The van der Waals surface area contributed by atoms with Crippen molar-refractivity contribution in [2.45, 2.75) is 26.3 Å². The molecule has 1 atom stereocenters. The van der Waals surface area contributed by atoms with Gasteiger partial charge in [0.1, 0.15) is 0 Å². The molecule has 1 aliphatic rings. The lowest BCUT2D eigenvalue weighted by Gasteiger charge is -2.17. The van der Waals surface area contributed by atoms with Crippen LogP contribution in [-0.2, 0) is 4.79 Å². The van der Waals surface area contributed by atoms with Gasteiger partial charge < -0.3 is 10.2 Å². The first-order valence-corrected chi connectivity index (χ1v) is 5.10. The summed E-state index contributed by atoms with van der Waals surface area (Å²) in [5.74, 6) is 2.96. The minimum atomic E-state index is 0.126. The summed E-state index contributed by atoms with van der Waals surface area (Å²) in [5.41, 5.74) is 0. The molecule has 0 aliphatic carbocycles. The predicted octanol–water partition coefficient (Wildman–Crippen LogP) is 0.466. The molecule has 3 heteroatoms. The van der Waals surface area contributed by atoms with E-state index in [-0.39, 0.29) is 11.8 Å². The maximum Gasteiger partial charge on any atom is 0.223 e. The Hall–Kier alpha value is -1.01. The first-order valence-electron chi connectivity index (χ1n) is 5.10. The van der Waals surface area contributed by atoms with Gasteiger partial charge in [-0.3, -0.25) is 4.79 Å². The van der Waals surface area contributed by atoms with E-state index in [0.29, 0.717) is 12.5 Å². The number of hydrogen-bond acceptors (Lipinski definition) is 2. The van der Waals surface area contributed by atoms with Crippen LogP contribution in [0.25, 0.3) is 0 Å². The Morgan fingerprint density at radius 1 is 1.71 bits per heavy atom. The number of rotatable bonds is 4. The molecule has 1 unspecified atom stereocenters. The van der Waals surface area contributed by atoms with Crippen LogP contribution in [0, 0.1) is 18.3 Å². The van der Waals surface area contributed by atoms with E-state index >= 15 is 0 Å². The molecular formula is C11H18N2O. The molecule has 1 amide bonds. The summed E-state index contributed by atoms with van der Waals surface area (Å²) in [6.07, 6.45) is 5.82. The van der Waals surface area contributed by atoms with Gasteiger partial charge in [-0.05, 0) is 0 Å². The fourth-order valence-corrected chi connectivity index (χ4v) is 1.59. The smallest absolute Gasteiger partial charge is 0.223 e. The third-order valence-electron chi connectivity index (χ3n) is 2.38. The van der Waals surface area contributed by atoms with Crippen molar-refractivity contribution in [1.82, 2.24) is 10.2 Å². The second-order valence-corrected chi connectivity index (χ2v) is 4.02. The van der Waals surface area contributed by atoms with E-state index in [0.717, 1.165) is 19.6 Å². The molecular weight excluding hydrogens is 176 g/mol. The number of nitrogens with one attached hydrogen (secondary N) is 1. The third-order valence-corrected chi connectivity index (χ3v) is 2.38. The molecule has 0 aromatic rings. The maximum atomic E-state index is 11.4. The van der Waals surface area contributed by atoms with E-state index in [9.17, 15) is 4.79 Å². The van der Waals surface area contributed by atoms with Crippen molar-refractivity contribution in [3.05, 3.63) is 0 Å². The number of nitrogens with zero attached hydrogens (tertiary/aromatic N) is 1. The molecule has 1 fully saturated rings. The van der Waals surface area contributed by atoms with Crippen LogP contribution in [0.1, 0.15) is 20.3 Å². The quantitative estimate of drug-likeness (QED) is 0.660. The maximum absolute atomic E-state index is 11.4. The summed E-state index contributed by atoms with van der Waals surface area (Å²) >= 11 is 0. The first-order chi connectivity index (χ1) is 6.63. The zero-order chi connectivity index (χ0) is 10.6. The van der Waals surface area contributed by atoms with Crippen molar-refractivity contribution < 1.29 is 4.79 Å². The van der Waals surface area contributed by atoms with Gasteiger partial charge in [-0.1, -0.05) is 13.8 Å². The number of likely N-dealkylation sites (tertiary alicyclic amines) is 1. The Kier molecular flexibility index (Phi) is 3.97. The number of amides is 1. The summed E-state index contributed by atoms with van der Waals surface area (Å²) in [6.45, 7) is 6.54. The Labute approximate surface area is 85.9 Å².